The zero-order chi connectivity index (χ0) is 17.9. The van der Waals surface area contributed by atoms with Crippen LogP contribution in [0.25, 0.3) is 4.96 Å². The average Bonchev–Trinajstić information content (AvgIpc) is 3.02. The van der Waals surface area contributed by atoms with Crippen molar-refractivity contribution < 1.29 is 4.74 Å². The Morgan fingerprint density at radius 1 is 1.23 bits per heavy atom. The fourth-order valence-electron chi connectivity index (χ4n) is 3.74. The fourth-order valence-corrected chi connectivity index (χ4v) is 4.48. The van der Waals surface area contributed by atoms with Gasteiger partial charge in [0.15, 0.2) is 4.96 Å². The number of hydrogen-bond donors (Lipinski definition) is 0. The molecule has 0 aliphatic carbocycles. The van der Waals surface area contributed by atoms with E-state index in [1.807, 2.05) is 17.5 Å². The molecular formula is C20H23N3O2S. The third-order valence-corrected chi connectivity index (χ3v) is 5.84. The van der Waals surface area contributed by atoms with Crippen LogP contribution < -0.4 is 10.3 Å². The number of likely N-dealkylation sites (tertiary alicyclic amines) is 1. The Labute approximate surface area is 156 Å². The van der Waals surface area contributed by atoms with Crippen LogP contribution in [0, 0.1) is 0 Å². The summed E-state index contributed by atoms with van der Waals surface area (Å²) in [7, 11) is 1.69. The van der Waals surface area contributed by atoms with Crippen molar-refractivity contribution in [3.63, 3.8) is 0 Å². The number of aromatic nitrogens is 2. The quantitative estimate of drug-likeness (QED) is 0.700. The smallest absolute Gasteiger partial charge is 0.258 e. The second-order valence-corrected chi connectivity index (χ2v) is 7.62. The van der Waals surface area contributed by atoms with Crippen LogP contribution >= 0.6 is 11.3 Å². The molecule has 0 N–H and O–H groups in total. The molecule has 1 fully saturated rings. The Morgan fingerprint density at radius 3 is 2.88 bits per heavy atom. The monoisotopic (exact) mass is 369 g/mol. The SMILES string of the molecule is COc1ccc([C@H]2CCCCCN2Cc2cc(=O)n3ccsc3n2)cc1. The standard InChI is InChI=1S/C20H23N3O2S/c1-25-17-8-6-15(7-9-17)18-5-3-2-4-10-22(18)14-16-13-19(24)23-11-12-26-20(23)21-16/h6-9,11-13,18H,2-5,10,14H2,1H3/t18-/m1/s1. The average molecular weight is 369 g/mol. The summed E-state index contributed by atoms with van der Waals surface area (Å²) in [5, 5.41) is 1.90. The molecule has 136 valence electrons. The molecule has 0 spiro atoms. The number of ether oxygens (including phenoxy) is 1. The zero-order valence-electron chi connectivity index (χ0n) is 14.9. The van der Waals surface area contributed by atoms with E-state index >= 15 is 0 Å². The molecule has 0 bridgehead atoms. The van der Waals surface area contributed by atoms with Gasteiger partial charge >= 0.3 is 0 Å². The first kappa shape index (κ1) is 17.2. The molecule has 4 rings (SSSR count). The fraction of sp³-hybridized carbons (Fsp3) is 0.400. The van der Waals surface area contributed by atoms with Gasteiger partial charge in [-0.2, -0.15) is 0 Å². The third kappa shape index (κ3) is 3.52. The van der Waals surface area contributed by atoms with Crippen molar-refractivity contribution >= 4 is 16.3 Å². The van der Waals surface area contributed by atoms with Crippen LogP contribution in [0.5, 0.6) is 5.75 Å². The van der Waals surface area contributed by atoms with E-state index in [-0.39, 0.29) is 5.56 Å². The number of benzene rings is 1. The lowest BCUT2D eigenvalue weighted by Crippen LogP contribution is -2.29. The lowest BCUT2D eigenvalue weighted by atomic mass is 10.0. The minimum Gasteiger partial charge on any atom is -0.497 e. The summed E-state index contributed by atoms with van der Waals surface area (Å²) in [6.45, 7) is 1.74. The Balaban J connectivity index is 1.62. The molecule has 5 nitrogen and oxygen atoms in total. The van der Waals surface area contributed by atoms with E-state index in [1.165, 1.54) is 36.2 Å². The van der Waals surface area contributed by atoms with Crippen molar-refractivity contribution in [3.8, 4) is 5.75 Å². The molecular weight excluding hydrogens is 346 g/mol. The van der Waals surface area contributed by atoms with E-state index in [9.17, 15) is 4.79 Å². The molecule has 3 aromatic rings. The van der Waals surface area contributed by atoms with Crippen molar-refractivity contribution in [3.05, 3.63) is 63.5 Å². The van der Waals surface area contributed by atoms with Crippen LogP contribution in [0.1, 0.15) is 43.0 Å². The summed E-state index contributed by atoms with van der Waals surface area (Å²) in [5.41, 5.74) is 2.17. The first-order chi connectivity index (χ1) is 12.7. The number of thiazole rings is 1. The van der Waals surface area contributed by atoms with E-state index in [2.05, 4.69) is 17.0 Å². The summed E-state index contributed by atoms with van der Waals surface area (Å²) in [5.74, 6) is 0.881. The van der Waals surface area contributed by atoms with E-state index in [0.29, 0.717) is 12.6 Å². The first-order valence-corrected chi connectivity index (χ1v) is 9.96. The number of nitrogens with zero attached hydrogens (tertiary/aromatic N) is 3. The van der Waals surface area contributed by atoms with Crippen molar-refractivity contribution in [2.75, 3.05) is 13.7 Å². The van der Waals surface area contributed by atoms with Crippen LogP contribution in [0.3, 0.4) is 0 Å². The van der Waals surface area contributed by atoms with Gasteiger partial charge in [-0.3, -0.25) is 14.1 Å². The summed E-state index contributed by atoms with van der Waals surface area (Å²) in [4.78, 5) is 20.2. The van der Waals surface area contributed by atoms with Gasteiger partial charge in [-0.1, -0.05) is 25.0 Å². The van der Waals surface area contributed by atoms with Crippen molar-refractivity contribution in [2.45, 2.75) is 38.3 Å². The summed E-state index contributed by atoms with van der Waals surface area (Å²) in [6, 6.07) is 10.4. The predicted octanol–water partition coefficient (Wildman–Crippen LogP) is 3.88. The Kier molecular flexibility index (Phi) is 5.04. The van der Waals surface area contributed by atoms with Crippen LogP contribution in [0.2, 0.25) is 0 Å². The summed E-state index contributed by atoms with van der Waals surface area (Å²) in [6.07, 6.45) is 6.58. The van der Waals surface area contributed by atoms with Gasteiger partial charge in [0.25, 0.3) is 5.56 Å². The zero-order valence-corrected chi connectivity index (χ0v) is 15.7. The highest BCUT2D eigenvalue weighted by atomic mass is 32.1. The van der Waals surface area contributed by atoms with E-state index in [4.69, 9.17) is 9.72 Å². The van der Waals surface area contributed by atoms with E-state index in [1.54, 1.807) is 23.8 Å². The maximum atomic E-state index is 12.3. The molecule has 1 aromatic carbocycles. The molecule has 0 radical (unpaired) electrons. The highest BCUT2D eigenvalue weighted by Gasteiger charge is 2.23. The third-order valence-electron chi connectivity index (χ3n) is 5.09. The second-order valence-electron chi connectivity index (χ2n) is 6.75. The Hall–Kier alpha value is -2.18. The summed E-state index contributed by atoms with van der Waals surface area (Å²) < 4.78 is 6.90. The molecule has 26 heavy (non-hydrogen) atoms. The second kappa shape index (κ2) is 7.60. The van der Waals surface area contributed by atoms with Crippen LogP contribution in [-0.2, 0) is 6.54 Å². The number of hydrogen-bond acceptors (Lipinski definition) is 5. The van der Waals surface area contributed by atoms with E-state index < -0.39 is 0 Å². The van der Waals surface area contributed by atoms with Gasteiger partial charge in [0.05, 0.1) is 12.8 Å². The molecule has 1 aliphatic heterocycles. The van der Waals surface area contributed by atoms with Gasteiger partial charge in [-0.15, -0.1) is 11.3 Å². The molecule has 1 atom stereocenters. The van der Waals surface area contributed by atoms with Crippen LogP contribution in [-0.4, -0.2) is 27.9 Å². The Bertz CT molecular complexity index is 932. The highest BCUT2D eigenvalue weighted by molar-refractivity contribution is 7.15. The molecule has 1 saturated heterocycles. The molecule has 3 heterocycles. The minimum atomic E-state index is 0.00192. The topological polar surface area (TPSA) is 46.8 Å². The predicted molar refractivity (Wildman–Crippen MR) is 104 cm³/mol. The van der Waals surface area contributed by atoms with Crippen molar-refractivity contribution in [1.82, 2.24) is 14.3 Å². The molecule has 0 unspecified atom stereocenters. The first-order valence-electron chi connectivity index (χ1n) is 9.08. The van der Waals surface area contributed by atoms with Gasteiger partial charge < -0.3 is 4.74 Å². The molecule has 6 heteroatoms. The largest absolute Gasteiger partial charge is 0.497 e. The summed E-state index contributed by atoms with van der Waals surface area (Å²) >= 11 is 1.50. The number of rotatable bonds is 4. The van der Waals surface area contributed by atoms with Gasteiger partial charge in [-0.25, -0.2) is 4.98 Å². The molecule has 0 saturated carbocycles. The van der Waals surface area contributed by atoms with Crippen molar-refractivity contribution in [2.24, 2.45) is 0 Å². The van der Waals surface area contributed by atoms with Crippen molar-refractivity contribution in [1.29, 1.82) is 0 Å². The van der Waals surface area contributed by atoms with Gasteiger partial charge in [0.2, 0.25) is 0 Å². The number of methoxy groups -OCH3 is 1. The molecule has 1 aliphatic rings. The maximum absolute atomic E-state index is 12.3. The molecule has 2 aromatic heterocycles. The lowest BCUT2D eigenvalue weighted by molar-refractivity contribution is 0.190. The minimum absolute atomic E-state index is 0.00192. The molecule has 0 amide bonds. The van der Waals surface area contributed by atoms with Gasteiger partial charge in [-0.05, 0) is 37.1 Å². The van der Waals surface area contributed by atoms with E-state index in [0.717, 1.165) is 29.4 Å². The van der Waals surface area contributed by atoms with Gasteiger partial charge in [0, 0.05) is 30.2 Å². The van der Waals surface area contributed by atoms with Crippen LogP contribution in [0.4, 0.5) is 0 Å². The lowest BCUT2D eigenvalue weighted by Gasteiger charge is -2.30. The Morgan fingerprint density at radius 2 is 2.08 bits per heavy atom. The number of fused-ring (bicyclic) bond motifs is 1. The highest BCUT2D eigenvalue weighted by Crippen LogP contribution is 2.32. The van der Waals surface area contributed by atoms with Crippen LogP contribution in [0.15, 0.2) is 46.7 Å². The normalized spacial score (nSPS) is 18.7. The maximum Gasteiger partial charge on any atom is 0.258 e. The van der Waals surface area contributed by atoms with Gasteiger partial charge in [0.1, 0.15) is 5.75 Å².